The molecule has 3 aromatic carbocycles. The molecule has 0 aliphatic carbocycles. The third-order valence-corrected chi connectivity index (χ3v) is 7.42. The van der Waals surface area contributed by atoms with Gasteiger partial charge in [0.25, 0.3) is 5.91 Å². The van der Waals surface area contributed by atoms with Gasteiger partial charge in [0.05, 0.1) is 23.4 Å². The summed E-state index contributed by atoms with van der Waals surface area (Å²) in [7, 11) is -2.31. The van der Waals surface area contributed by atoms with Gasteiger partial charge >= 0.3 is 29.6 Å². The first-order chi connectivity index (χ1) is 17.9. The monoisotopic (exact) mass is 553 g/mol. The van der Waals surface area contributed by atoms with Crippen LogP contribution in [0.4, 0.5) is 10.8 Å². The van der Waals surface area contributed by atoms with Crippen LogP contribution in [0.2, 0.25) is 0 Å². The third-order valence-electron chi connectivity index (χ3n) is 5.36. The van der Waals surface area contributed by atoms with E-state index in [0.717, 1.165) is 34.0 Å². The third kappa shape index (κ3) is 6.14. The summed E-state index contributed by atoms with van der Waals surface area (Å²) in [6, 6.07) is 24.4. The Morgan fingerprint density at radius 2 is 1.71 bits per heavy atom. The Labute approximate surface area is 245 Å². The number of amides is 1. The van der Waals surface area contributed by atoms with Gasteiger partial charge in [0.2, 0.25) is 10.0 Å². The maximum absolute atomic E-state index is 13.1. The smallest absolute Gasteiger partial charge is 0.497 e. The first-order valence-corrected chi connectivity index (χ1v) is 13.3. The fourth-order valence-electron chi connectivity index (χ4n) is 3.55. The number of anilines is 1. The number of carbonyl (C=O) groups excluding carboxylic acids is 1. The van der Waals surface area contributed by atoms with Crippen LogP contribution in [-0.2, 0) is 10.0 Å². The molecule has 5 aromatic rings. The Kier molecular flexibility index (Phi) is 8.65. The number of hydrogen-bond donors (Lipinski definition) is 1. The summed E-state index contributed by atoms with van der Waals surface area (Å²) in [6.45, 7) is 0. The van der Waals surface area contributed by atoms with E-state index in [9.17, 15) is 13.2 Å². The molecule has 38 heavy (non-hydrogen) atoms. The van der Waals surface area contributed by atoms with Crippen molar-refractivity contribution in [2.45, 2.75) is 4.90 Å². The molecule has 0 unspecified atom stereocenters. The van der Waals surface area contributed by atoms with Crippen molar-refractivity contribution in [3.05, 3.63) is 107 Å². The van der Waals surface area contributed by atoms with Crippen molar-refractivity contribution in [3.63, 3.8) is 0 Å². The Balaban J connectivity index is 0.00000336. The van der Waals surface area contributed by atoms with E-state index in [2.05, 4.69) is 20.1 Å². The molecule has 2 aromatic heterocycles. The molecule has 12 heteroatoms. The van der Waals surface area contributed by atoms with E-state index in [0.29, 0.717) is 5.69 Å². The maximum atomic E-state index is 13.1. The minimum atomic E-state index is -3.91. The zero-order chi connectivity index (χ0) is 25.8. The fourth-order valence-corrected chi connectivity index (χ4v) is 5.22. The summed E-state index contributed by atoms with van der Waals surface area (Å²) in [4.78, 5) is 17.0. The van der Waals surface area contributed by atoms with Gasteiger partial charge in [-0.15, -0.1) is 0 Å². The van der Waals surface area contributed by atoms with Crippen LogP contribution in [0.1, 0.15) is 10.5 Å². The molecular weight excluding hydrogens is 533 g/mol. The van der Waals surface area contributed by atoms with E-state index in [1.165, 1.54) is 30.5 Å². The number of aromatic nitrogens is 3. The number of para-hydroxylation sites is 1. The van der Waals surface area contributed by atoms with Crippen LogP contribution < -0.4 is 39.6 Å². The number of sulfonamides is 1. The number of nitrogens with zero attached hydrogens (tertiary/aromatic N) is 4. The number of benzene rings is 3. The van der Waals surface area contributed by atoms with Crippen LogP contribution in [0.5, 0.6) is 5.75 Å². The molecule has 1 N–H and O–H groups in total. The summed E-state index contributed by atoms with van der Waals surface area (Å²) < 4.78 is 35.7. The maximum Gasteiger partial charge on any atom is 1.00 e. The molecule has 0 aliphatic rings. The van der Waals surface area contributed by atoms with Crippen LogP contribution in [0.3, 0.4) is 0 Å². The second kappa shape index (κ2) is 11.9. The molecule has 0 bridgehead atoms. The second-order valence-corrected chi connectivity index (χ2v) is 10.2. The van der Waals surface area contributed by atoms with E-state index in [-0.39, 0.29) is 45.3 Å². The topological polar surface area (TPSA) is 117 Å². The van der Waals surface area contributed by atoms with Gasteiger partial charge < -0.3 is 19.8 Å². The van der Waals surface area contributed by atoms with Crippen LogP contribution in [0.25, 0.3) is 21.7 Å². The van der Waals surface area contributed by atoms with E-state index in [1.807, 2.05) is 54.6 Å². The number of nitrogens with one attached hydrogen (secondary N) is 1. The molecule has 186 valence electrons. The van der Waals surface area contributed by atoms with Gasteiger partial charge in [-0.25, -0.2) is 13.1 Å². The Hall–Kier alpha value is -3.48. The van der Waals surface area contributed by atoms with E-state index < -0.39 is 15.9 Å². The number of rotatable bonds is 8. The van der Waals surface area contributed by atoms with Gasteiger partial charge in [0, 0.05) is 16.4 Å². The molecule has 5 rings (SSSR count). The van der Waals surface area contributed by atoms with Crippen LogP contribution in [0.15, 0.2) is 101 Å². The summed E-state index contributed by atoms with van der Waals surface area (Å²) in [5.41, 5.74) is 2.99. The molecule has 0 radical (unpaired) electrons. The molecule has 0 spiro atoms. The number of ether oxygens (including phenoxy) is 1. The van der Waals surface area contributed by atoms with Crippen LogP contribution in [-0.4, -0.2) is 36.2 Å². The van der Waals surface area contributed by atoms with Crippen LogP contribution >= 0.6 is 11.3 Å². The van der Waals surface area contributed by atoms with E-state index >= 15 is 0 Å². The SMILES string of the molecule is COc1ccc(-c2cc(C(=O)Nc3ccc(S(=O)(=O)[N-]c4nccs4)cc3)nn2-c2ccccc2)cc1.[Na+]. The predicted molar refractivity (Wildman–Crippen MR) is 142 cm³/mol. The first kappa shape index (κ1) is 27.6. The van der Waals surface area contributed by atoms with E-state index in [4.69, 9.17) is 4.74 Å². The summed E-state index contributed by atoms with van der Waals surface area (Å²) >= 11 is 1.13. The fraction of sp³-hybridized carbons (Fsp3) is 0.0385. The minimum Gasteiger partial charge on any atom is -0.497 e. The summed E-state index contributed by atoms with van der Waals surface area (Å²) in [5, 5.41) is 9.12. The van der Waals surface area contributed by atoms with Gasteiger partial charge in [-0.2, -0.15) is 16.4 Å². The molecular formula is C26H20N5NaO4S2. The Morgan fingerprint density at radius 1 is 1.00 bits per heavy atom. The molecule has 9 nitrogen and oxygen atoms in total. The Bertz CT molecular complexity index is 1620. The van der Waals surface area contributed by atoms with E-state index in [1.54, 1.807) is 23.2 Å². The average Bonchev–Trinajstić information content (AvgIpc) is 3.60. The molecule has 0 saturated carbocycles. The van der Waals surface area contributed by atoms with Gasteiger partial charge in [0.15, 0.2) is 5.69 Å². The van der Waals surface area contributed by atoms with Crippen molar-refractivity contribution in [1.82, 2.24) is 14.8 Å². The van der Waals surface area contributed by atoms with Crippen molar-refractivity contribution >= 4 is 38.1 Å². The number of hydrogen-bond acceptors (Lipinski definition) is 7. The zero-order valence-electron chi connectivity index (χ0n) is 20.5. The average molecular weight is 554 g/mol. The van der Waals surface area contributed by atoms with Gasteiger partial charge in [0.1, 0.15) is 5.75 Å². The second-order valence-electron chi connectivity index (χ2n) is 7.75. The predicted octanol–water partition coefficient (Wildman–Crippen LogP) is 2.65. The van der Waals surface area contributed by atoms with Crippen LogP contribution in [0, 0.1) is 0 Å². The normalized spacial score (nSPS) is 10.9. The number of methoxy groups -OCH3 is 1. The molecule has 0 saturated heterocycles. The molecule has 2 heterocycles. The van der Waals surface area contributed by atoms with Crippen molar-refractivity contribution in [2.75, 3.05) is 12.4 Å². The molecule has 0 fully saturated rings. The van der Waals surface area contributed by atoms with Crippen molar-refractivity contribution < 1.29 is 47.5 Å². The zero-order valence-corrected chi connectivity index (χ0v) is 24.1. The molecule has 0 aliphatic heterocycles. The standard InChI is InChI=1S/C26H21N5O4S2.Na/c1-35-21-11-7-18(8-12-21)24-17-23(29-31(24)20-5-3-2-4-6-20)25(32)28-19-9-13-22(14-10-19)37(33,34)30-26-27-15-16-36-26;/h2-17H,1H3,(H2,27,28,30,32);/q;+1/p-1. The van der Waals surface area contributed by atoms with Gasteiger partial charge in [-0.3, -0.25) is 4.79 Å². The quantitative estimate of drug-likeness (QED) is 0.295. The molecule has 0 atom stereocenters. The van der Waals surface area contributed by atoms with Crippen molar-refractivity contribution in [2.24, 2.45) is 0 Å². The van der Waals surface area contributed by atoms with Crippen molar-refractivity contribution in [3.8, 4) is 22.7 Å². The number of carbonyl (C=O) groups is 1. The van der Waals surface area contributed by atoms with Gasteiger partial charge in [-0.1, -0.05) is 24.4 Å². The largest absolute Gasteiger partial charge is 1.00 e. The summed E-state index contributed by atoms with van der Waals surface area (Å²) in [5.74, 6) is 0.282. The number of thiazole rings is 1. The van der Waals surface area contributed by atoms with Gasteiger partial charge in [-0.05, 0) is 72.1 Å². The molecule has 1 amide bonds. The Morgan fingerprint density at radius 3 is 2.34 bits per heavy atom. The minimum absolute atomic E-state index is 0. The first-order valence-electron chi connectivity index (χ1n) is 11.0. The van der Waals surface area contributed by atoms with Crippen molar-refractivity contribution in [1.29, 1.82) is 0 Å². The summed E-state index contributed by atoms with van der Waals surface area (Å²) in [6.07, 6.45) is 1.48.